The van der Waals surface area contributed by atoms with Crippen molar-refractivity contribution >= 4 is 40.9 Å². The molecule has 0 aromatic carbocycles. The molecular formula is C20H24N2O5S2. The van der Waals surface area contributed by atoms with Crippen molar-refractivity contribution in [3.05, 3.63) is 14.5 Å². The number of hydrogen-bond acceptors (Lipinski definition) is 7. The Kier molecular flexibility index (Phi) is 4.30. The van der Waals surface area contributed by atoms with Crippen LogP contribution in [0.4, 0.5) is 0 Å². The second-order valence-corrected chi connectivity index (χ2v) is 11.2. The number of amides is 2. The number of thioether (sulfide) groups is 1. The normalized spacial score (nSPS) is 36.2. The third-order valence-corrected chi connectivity index (χ3v) is 10.1. The number of likely N-dealkylation sites (tertiary alicyclic amines) is 1. The van der Waals surface area contributed by atoms with Gasteiger partial charge in [-0.05, 0) is 31.1 Å². The lowest BCUT2D eigenvalue weighted by Gasteiger charge is -2.47. The lowest BCUT2D eigenvalue weighted by Crippen LogP contribution is -2.48. The van der Waals surface area contributed by atoms with Gasteiger partial charge in [0.15, 0.2) is 0 Å². The molecule has 1 aromatic heterocycles. The van der Waals surface area contributed by atoms with Gasteiger partial charge in [-0.25, -0.2) is 0 Å². The third-order valence-electron chi connectivity index (χ3n) is 7.33. The molecule has 156 valence electrons. The van der Waals surface area contributed by atoms with Crippen molar-refractivity contribution in [1.82, 2.24) is 9.88 Å². The second kappa shape index (κ2) is 6.44. The standard InChI is InChI=1S/C20H24N2O5S2/c1-4-27-10(23)5-6-22-17(24)11-8-7-9(12(11)18(22)25)14-13(8)20(2,3)15-16(28-14)21-19(26)29-15/h8-9,11-14H,4-7H2,1-3H3,(H,21,26)/t8-,9+,11+,12+,13-,14-/m1/s1. The summed E-state index contributed by atoms with van der Waals surface area (Å²) in [7, 11) is 0. The molecule has 0 spiro atoms. The fourth-order valence-corrected chi connectivity index (χ4v) is 9.53. The van der Waals surface area contributed by atoms with E-state index in [1.807, 2.05) is 0 Å². The first kappa shape index (κ1) is 19.4. The Labute approximate surface area is 176 Å². The molecule has 29 heavy (non-hydrogen) atoms. The smallest absolute Gasteiger partial charge is 0.307 e. The predicted molar refractivity (Wildman–Crippen MR) is 108 cm³/mol. The molecule has 6 atom stereocenters. The summed E-state index contributed by atoms with van der Waals surface area (Å²) in [4.78, 5) is 55.3. The lowest BCUT2D eigenvalue weighted by molar-refractivity contribution is -0.145. The quantitative estimate of drug-likeness (QED) is 0.573. The summed E-state index contributed by atoms with van der Waals surface area (Å²) in [6.45, 7) is 6.47. The molecule has 2 aliphatic heterocycles. The monoisotopic (exact) mass is 436 g/mol. The summed E-state index contributed by atoms with van der Waals surface area (Å²) >= 11 is 2.96. The van der Waals surface area contributed by atoms with Crippen LogP contribution in [-0.4, -0.2) is 46.1 Å². The topological polar surface area (TPSA) is 96.5 Å². The number of ether oxygens (including phenoxy) is 1. The van der Waals surface area contributed by atoms with Gasteiger partial charge in [-0.2, -0.15) is 0 Å². The highest BCUT2D eigenvalue weighted by Gasteiger charge is 2.70. The molecule has 2 saturated carbocycles. The molecule has 2 aliphatic carbocycles. The van der Waals surface area contributed by atoms with Gasteiger partial charge in [0.2, 0.25) is 11.8 Å². The van der Waals surface area contributed by atoms with Crippen LogP contribution >= 0.6 is 23.1 Å². The SMILES string of the molecule is CCOC(=O)CCN1C(=O)[C@H]2[C@@H]3C[C@H]([C@@H]2C1=O)[C@@H]1[C@@H]3Sc2[nH]c(=O)sc2C1(C)C. The molecule has 3 heterocycles. The minimum Gasteiger partial charge on any atom is -0.466 e. The van der Waals surface area contributed by atoms with Crippen LogP contribution in [0.25, 0.3) is 0 Å². The van der Waals surface area contributed by atoms with Gasteiger partial charge in [0.1, 0.15) is 0 Å². The fraction of sp³-hybridized carbons (Fsp3) is 0.700. The number of esters is 1. The van der Waals surface area contributed by atoms with Crippen LogP contribution in [0.15, 0.2) is 9.82 Å². The number of hydrogen-bond donors (Lipinski definition) is 1. The van der Waals surface area contributed by atoms with E-state index in [-0.39, 0.29) is 82.5 Å². The molecule has 2 bridgehead atoms. The number of H-pyrrole nitrogens is 1. The van der Waals surface area contributed by atoms with Crippen molar-refractivity contribution in [2.75, 3.05) is 13.2 Å². The van der Waals surface area contributed by atoms with Crippen LogP contribution in [0.1, 0.15) is 38.5 Å². The highest BCUT2D eigenvalue weighted by Crippen LogP contribution is 2.68. The molecule has 0 radical (unpaired) electrons. The molecule has 1 aromatic rings. The van der Waals surface area contributed by atoms with E-state index in [2.05, 4.69) is 18.8 Å². The summed E-state index contributed by atoms with van der Waals surface area (Å²) in [6, 6.07) is 0. The van der Waals surface area contributed by atoms with E-state index in [1.165, 1.54) is 16.2 Å². The number of nitrogens with one attached hydrogen (secondary N) is 1. The molecule has 4 aliphatic rings. The summed E-state index contributed by atoms with van der Waals surface area (Å²) in [6.07, 6.45) is 0.940. The first-order chi connectivity index (χ1) is 13.8. The van der Waals surface area contributed by atoms with Gasteiger partial charge in [-0.3, -0.25) is 24.1 Å². The number of rotatable bonds is 4. The molecule has 9 heteroatoms. The molecule has 2 amide bonds. The van der Waals surface area contributed by atoms with Gasteiger partial charge in [-0.15, -0.1) is 11.8 Å². The van der Waals surface area contributed by atoms with E-state index >= 15 is 0 Å². The Bertz CT molecular complexity index is 966. The van der Waals surface area contributed by atoms with Crippen LogP contribution in [0.3, 0.4) is 0 Å². The molecule has 7 nitrogen and oxygen atoms in total. The highest BCUT2D eigenvalue weighted by atomic mass is 32.2. The van der Waals surface area contributed by atoms with Gasteiger partial charge < -0.3 is 9.72 Å². The van der Waals surface area contributed by atoms with E-state index in [0.717, 1.165) is 16.3 Å². The Morgan fingerprint density at radius 3 is 2.59 bits per heavy atom. The number of carbonyl (C=O) groups is 3. The average Bonchev–Trinajstić information content (AvgIpc) is 3.36. The zero-order chi connectivity index (χ0) is 20.7. The first-order valence-corrected chi connectivity index (χ1v) is 11.9. The van der Waals surface area contributed by atoms with Gasteiger partial charge in [0.05, 0.1) is 29.9 Å². The number of fused-ring (bicyclic) bond motifs is 9. The molecule has 3 fully saturated rings. The van der Waals surface area contributed by atoms with E-state index in [9.17, 15) is 19.2 Å². The molecular weight excluding hydrogens is 412 g/mol. The van der Waals surface area contributed by atoms with E-state index in [1.54, 1.807) is 18.7 Å². The van der Waals surface area contributed by atoms with Crippen LogP contribution in [0.2, 0.25) is 0 Å². The van der Waals surface area contributed by atoms with Crippen LogP contribution in [-0.2, 0) is 24.5 Å². The minimum atomic E-state index is -0.383. The molecule has 1 N–H and O–H groups in total. The third kappa shape index (κ3) is 2.55. The van der Waals surface area contributed by atoms with Crippen LogP contribution in [0.5, 0.6) is 0 Å². The lowest BCUT2D eigenvalue weighted by atomic mass is 9.64. The summed E-state index contributed by atoms with van der Waals surface area (Å²) < 4.78 is 4.94. The minimum absolute atomic E-state index is 0.0413. The highest BCUT2D eigenvalue weighted by molar-refractivity contribution is 8.00. The molecule has 5 rings (SSSR count). The molecule has 1 saturated heterocycles. The maximum absolute atomic E-state index is 13.2. The Morgan fingerprint density at radius 2 is 1.90 bits per heavy atom. The van der Waals surface area contributed by atoms with Crippen molar-refractivity contribution < 1.29 is 19.1 Å². The maximum atomic E-state index is 13.2. The van der Waals surface area contributed by atoms with Crippen LogP contribution in [0, 0.1) is 29.6 Å². The van der Waals surface area contributed by atoms with Crippen LogP contribution < -0.4 is 4.87 Å². The summed E-state index contributed by atoms with van der Waals surface area (Å²) in [5.74, 6) is -0.653. The van der Waals surface area contributed by atoms with Gasteiger partial charge in [0.25, 0.3) is 0 Å². The number of nitrogens with zero attached hydrogens (tertiary/aromatic N) is 1. The maximum Gasteiger partial charge on any atom is 0.307 e. The predicted octanol–water partition coefficient (Wildman–Crippen LogP) is 2.01. The Morgan fingerprint density at radius 1 is 1.21 bits per heavy atom. The Balaban J connectivity index is 1.43. The van der Waals surface area contributed by atoms with Crippen molar-refractivity contribution in [3.63, 3.8) is 0 Å². The number of carbonyl (C=O) groups excluding carboxylic acids is 3. The van der Waals surface area contributed by atoms with Crippen molar-refractivity contribution in [3.8, 4) is 0 Å². The van der Waals surface area contributed by atoms with Gasteiger partial charge in [-0.1, -0.05) is 25.2 Å². The number of imide groups is 1. The van der Waals surface area contributed by atoms with Crippen molar-refractivity contribution in [1.29, 1.82) is 0 Å². The number of aromatic nitrogens is 1. The Hall–Kier alpha value is -1.61. The van der Waals surface area contributed by atoms with E-state index in [4.69, 9.17) is 4.74 Å². The van der Waals surface area contributed by atoms with E-state index < -0.39 is 0 Å². The summed E-state index contributed by atoms with van der Waals surface area (Å²) in [5.41, 5.74) is -0.207. The fourth-order valence-electron chi connectivity index (χ4n) is 6.37. The van der Waals surface area contributed by atoms with E-state index in [0.29, 0.717) is 0 Å². The van der Waals surface area contributed by atoms with Gasteiger partial charge >= 0.3 is 10.8 Å². The number of thiazole rings is 1. The average molecular weight is 437 g/mol. The van der Waals surface area contributed by atoms with Crippen molar-refractivity contribution in [2.45, 2.75) is 49.3 Å². The number of aromatic amines is 1. The zero-order valence-electron chi connectivity index (χ0n) is 16.6. The second-order valence-electron chi connectivity index (χ2n) is 9.00. The van der Waals surface area contributed by atoms with Gasteiger partial charge in [0, 0.05) is 22.1 Å². The summed E-state index contributed by atoms with van der Waals surface area (Å²) in [5, 5.41) is 1.17. The largest absolute Gasteiger partial charge is 0.466 e. The molecule has 0 unspecified atom stereocenters. The zero-order valence-corrected chi connectivity index (χ0v) is 18.2. The van der Waals surface area contributed by atoms with Crippen molar-refractivity contribution in [2.24, 2.45) is 29.6 Å². The first-order valence-electron chi connectivity index (χ1n) is 10.2.